The second-order valence-corrected chi connectivity index (χ2v) is 4.34. The molecule has 1 N–H and O–H groups in total. The van der Waals surface area contributed by atoms with E-state index in [9.17, 15) is 0 Å². The van der Waals surface area contributed by atoms with Crippen LogP contribution < -0.4 is 14.8 Å². The minimum atomic E-state index is 0.116. The molecule has 2 rings (SSSR count). The topological polar surface area (TPSA) is 56.3 Å². The van der Waals surface area contributed by atoms with E-state index in [1.165, 1.54) is 6.33 Å². The normalized spacial score (nSPS) is 11.9. The summed E-state index contributed by atoms with van der Waals surface area (Å²) in [6.45, 7) is 0. The van der Waals surface area contributed by atoms with Crippen molar-refractivity contribution in [2.45, 2.75) is 12.5 Å². The zero-order valence-electron chi connectivity index (χ0n) is 12.0. The first-order valence-electron chi connectivity index (χ1n) is 6.43. The molecule has 0 aliphatic carbocycles. The van der Waals surface area contributed by atoms with Gasteiger partial charge in [0.15, 0.2) is 0 Å². The van der Waals surface area contributed by atoms with Gasteiger partial charge in [-0.1, -0.05) is 18.2 Å². The first-order chi connectivity index (χ1) is 9.78. The van der Waals surface area contributed by atoms with Crippen LogP contribution in [0.1, 0.15) is 17.3 Å². The molecule has 0 saturated heterocycles. The van der Waals surface area contributed by atoms with Crippen molar-refractivity contribution in [1.82, 2.24) is 15.3 Å². The van der Waals surface area contributed by atoms with Crippen LogP contribution in [0.3, 0.4) is 0 Å². The van der Waals surface area contributed by atoms with Crippen molar-refractivity contribution in [3.8, 4) is 11.6 Å². The van der Waals surface area contributed by atoms with Crippen LogP contribution in [-0.4, -0.2) is 31.2 Å². The molecule has 1 aromatic carbocycles. The maximum atomic E-state index is 5.41. The first kappa shape index (κ1) is 14.3. The van der Waals surface area contributed by atoms with Crippen LogP contribution in [0.5, 0.6) is 11.6 Å². The molecule has 0 aliphatic rings. The Kier molecular flexibility index (Phi) is 4.90. The van der Waals surface area contributed by atoms with Gasteiger partial charge in [-0.15, -0.1) is 0 Å². The lowest BCUT2D eigenvalue weighted by atomic mass is 10.0. The summed E-state index contributed by atoms with van der Waals surface area (Å²) in [5.74, 6) is 1.44. The second kappa shape index (κ2) is 6.86. The van der Waals surface area contributed by atoms with E-state index in [-0.39, 0.29) is 6.04 Å². The highest BCUT2D eigenvalue weighted by atomic mass is 16.5. The number of ether oxygens (including phenoxy) is 2. The molecule has 2 aromatic rings. The third kappa shape index (κ3) is 3.24. The summed E-state index contributed by atoms with van der Waals surface area (Å²) in [6, 6.07) is 9.94. The van der Waals surface area contributed by atoms with Gasteiger partial charge in [0.2, 0.25) is 5.88 Å². The summed E-state index contributed by atoms with van der Waals surface area (Å²) in [6.07, 6.45) is 2.25. The minimum absolute atomic E-state index is 0.116. The lowest BCUT2D eigenvalue weighted by molar-refractivity contribution is 0.393. The molecule has 0 aliphatic heterocycles. The Labute approximate surface area is 119 Å². The maximum Gasteiger partial charge on any atom is 0.216 e. The molecule has 1 heterocycles. The van der Waals surface area contributed by atoms with Crippen LogP contribution in [0.2, 0.25) is 0 Å². The van der Waals surface area contributed by atoms with Gasteiger partial charge < -0.3 is 14.8 Å². The number of nitrogens with zero attached hydrogens (tertiary/aromatic N) is 2. The summed E-state index contributed by atoms with van der Waals surface area (Å²) in [4.78, 5) is 8.30. The fourth-order valence-electron chi connectivity index (χ4n) is 2.13. The van der Waals surface area contributed by atoms with Crippen molar-refractivity contribution in [1.29, 1.82) is 0 Å². The van der Waals surface area contributed by atoms with Gasteiger partial charge in [-0.2, -0.15) is 0 Å². The SMILES string of the molecule is CNC(Cc1cc(OC)ncn1)c1ccccc1OC. The Morgan fingerprint density at radius 3 is 2.65 bits per heavy atom. The van der Waals surface area contributed by atoms with Crippen LogP contribution in [-0.2, 0) is 6.42 Å². The smallest absolute Gasteiger partial charge is 0.216 e. The lowest BCUT2D eigenvalue weighted by Gasteiger charge is -2.19. The van der Waals surface area contributed by atoms with Gasteiger partial charge >= 0.3 is 0 Å². The molecule has 0 amide bonds. The van der Waals surface area contributed by atoms with Gasteiger partial charge in [0, 0.05) is 29.8 Å². The Bertz CT molecular complexity index is 560. The standard InChI is InChI=1S/C15H19N3O2/c1-16-13(12-6-4-5-7-14(12)19-2)8-11-9-15(20-3)18-10-17-11/h4-7,9-10,13,16H,8H2,1-3H3. The van der Waals surface area contributed by atoms with Crippen LogP contribution in [0, 0.1) is 0 Å². The van der Waals surface area contributed by atoms with E-state index in [0.717, 1.165) is 23.4 Å². The Balaban J connectivity index is 2.24. The molecule has 20 heavy (non-hydrogen) atoms. The summed E-state index contributed by atoms with van der Waals surface area (Å²) >= 11 is 0. The molecule has 106 valence electrons. The van der Waals surface area contributed by atoms with Gasteiger partial charge in [0.25, 0.3) is 0 Å². The highest BCUT2D eigenvalue weighted by Crippen LogP contribution is 2.27. The number of likely N-dealkylation sites (N-methyl/N-ethyl adjacent to an activating group) is 1. The molecule has 1 unspecified atom stereocenters. The Morgan fingerprint density at radius 1 is 1.15 bits per heavy atom. The van der Waals surface area contributed by atoms with E-state index in [2.05, 4.69) is 21.4 Å². The van der Waals surface area contributed by atoms with Crippen molar-refractivity contribution in [2.75, 3.05) is 21.3 Å². The molecular weight excluding hydrogens is 254 g/mol. The summed E-state index contributed by atoms with van der Waals surface area (Å²) < 4.78 is 10.5. The number of hydrogen-bond acceptors (Lipinski definition) is 5. The Morgan fingerprint density at radius 2 is 1.95 bits per heavy atom. The molecule has 5 nitrogen and oxygen atoms in total. The Hall–Kier alpha value is -2.14. The maximum absolute atomic E-state index is 5.41. The molecular formula is C15H19N3O2. The highest BCUT2D eigenvalue weighted by Gasteiger charge is 2.15. The van der Waals surface area contributed by atoms with Crippen molar-refractivity contribution >= 4 is 0 Å². The number of rotatable bonds is 6. The van der Waals surface area contributed by atoms with Gasteiger partial charge in [-0.25, -0.2) is 9.97 Å². The largest absolute Gasteiger partial charge is 0.496 e. The van der Waals surface area contributed by atoms with Crippen molar-refractivity contribution in [3.05, 3.63) is 47.9 Å². The van der Waals surface area contributed by atoms with E-state index in [4.69, 9.17) is 9.47 Å². The predicted octanol–water partition coefficient (Wildman–Crippen LogP) is 2.00. The number of aromatic nitrogens is 2. The first-order valence-corrected chi connectivity index (χ1v) is 6.43. The molecule has 0 bridgehead atoms. The molecule has 1 aromatic heterocycles. The predicted molar refractivity (Wildman–Crippen MR) is 77.1 cm³/mol. The van der Waals surface area contributed by atoms with Crippen molar-refractivity contribution < 1.29 is 9.47 Å². The summed E-state index contributed by atoms with van der Waals surface area (Å²) in [5.41, 5.74) is 2.03. The molecule has 0 radical (unpaired) electrons. The van der Waals surface area contributed by atoms with Gasteiger partial charge in [-0.3, -0.25) is 0 Å². The van der Waals surface area contributed by atoms with Crippen molar-refractivity contribution in [2.24, 2.45) is 0 Å². The summed E-state index contributed by atoms with van der Waals surface area (Å²) in [5, 5.41) is 3.30. The van der Waals surface area contributed by atoms with Crippen LogP contribution in [0.15, 0.2) is 36.7 Å². The number of nitrogens with one attached hydrogen (secondary N) is 1. The number of para-hydroxylation sites is 1. The third-order valence-corrected chi connectivity index (χ3v) is 3.18. The fourth-order valence-corrected chi connectivity index (χ4v) is 2.13. The van der Waals surface area contributed by atoms with E-state index >= 15 is 0 Å². The summed E-state index contributed by atoms with van der Waals surface area (Å²) in [7, 11) is 5.21. The lowest BCUT2D eigenvalue weighted by Crippen LogP contribution is -2.20. The zero-order valence-corrected chi connectivity index (χ0v) is 12.0. The minimum Gasteiger partial charge on any atom is -0.496 e. The van der Waals surface area contributed by atoms with E-state index in [1.807, 2.05) is 31.3 Å². The molecule has 5 heteroatoms. The van der Waals surface area contributed by atoms with E-state index < -0.39 is 0 Å². The van der Waals surface area contributed by atoms with Crippen LogP contribution >= 0.6 is 0 Å². The van der Waals surface area contributed by atoms with Crippen molar-refractivity contribution in [3.63, 3.8) is 0 Å². The number of hydrogen-bond donors (Lipinski definition) is 1. The second-order valence-electron chi connectivity index (χ2n) is 4.34. The number of methoxy groups -OCH3 is 2. The molecule has 0 spiro atoms. The molecule has 1 atom stereocenters. The zero-order chi connectivity index (χ0) is 14.4. The van der Waals surface area contributed by atoms with Gasteiger partial charge in [0.1, 0.15) is 12.1 Å². The van der Waals surface area contributed by atoms with E-state index in [0.29, 0.717) is 5.88 Å². The van der Waals surface area contributed by atoms with Crippen LogP contribution in [0.25, 0.3) is 0 Å². The molecule has 0 saturated carbocycles. The van der Waals surface area contributed by atoms with E-state index in [1.54, 1.807) is 14.2 Å². The average Bonchev–Trinajstić information content (AvgIpc) is 2.52. The highest BCUT2D eigenvalue weighted by molar-refractivity contribution is 5.36. The average molecular weight is 273 g/mol. The third-order valence-electron chi connectivity index (χ3n) is 3.18. The van der Waals surface area contributed by atoms with Crippen LogP contribution in [0.4, 0.5) is 0 Å². The number of benzene rings is 1. The monoisotopic (exact) mass is 273 g/mol. The quantitative estimate of drug-likeness (QED) is 0.872. The van der Waals surface area contributed by atoms with Gasteiger partial charge in [-0.05, 0) is 13.1 Å². The fraction of sp³-hybridized carbons (Fsp3) is 0.333. The molecule has 0 fully saturated rings. The van der Waals surface area contributed by atoms with Gasteiger partial charge in [0.05, 0.1) is 14.2 Å².